The average Bonchev–Trinajstić information content (AvgIpc) is 2.51. The van der Waals surface area contributed by atoms with Crippen molar-refractivity contribution in [2.24, 2.45) is 0 Å². The minimum Gasteiger partial charge on any atom is -0.494 e. The highest BCUT2D eigenvalue weighted by Crippen LogP contribution is 2.26. The van der Waals surface area contributed by atoms with E-state index in [0.717, 1.165) is 22.4 Å². The number of carboxylic acid groups (broad SMARTS) is 1. The molecule has 0 amide bonds. The van der Waals surface area contributed by atoms with Crippen molar-refractivity contribution in [3.63, 3.8) is 0 Å². The Labute approximate surface area is 131 Å². The van der Waals surface area contributed by atoms with E-state index in [1.165, 1.54) is 0 Å². The Hall–Kier alpha value is -2.29. The molecule has 2 aromatic rings. The summed E-state index contributed by atoms with van der Waals surface area (Å²) in [6.45, 7) is 4.48. The molecule has 2 aromatic carbocycles. The molecule has 0 fully saturated rings. The number of ether oxygens (including phenoxy) is 1. The summed E-state index contributed by atoms with van der Waals surface area (Å²) in [4.78, 5) is 11.6. The van der Waals surface area contributed by atoms with E-state index in [1.54, 1.807) is 0 Å². The van der Waals surface area contributed by atoms with Crippen molar-refractivity contribution in [1.29, 1.82) is 0 Å². The zero-order valence-corrected chi connectivity index (χ0v) is 13.1. The second-order valence-electron chi connectivity index (χ2n) is 5.55. The van der Waals surface area contributed by atoms with E-state index in [2.05, 4.69) is 0 Å². The lowest BCUT2D eigenvalue weighted by Crippen LogP contribution is -2.14. The van der Waals surface area contributed by atoms with Gasteiger partial charge in [-0.05, 0) is 49.9 Å². The largest absolute Gasteiger partial charge is 0.494 e. The summed E-state index contributed by atoms with van der Waals surface area (Å²) >= 11 is 0. The van der Waals surface area contributed by atoms with Crippen LogP contribution in [0.5, 0.6) is 5.75 Å². The minimum absolute atomic E-state index is 0.473. The first-order chi connectivity index (χ1) is 10.6. The molecular weight excluding hydrogens is 276 g/mol. The van der Waals surface area contributed by atoms with Gasteiger partial charge in [0.05, 0.1) is 12.5 Å². The fourth-order valence-corrected chi connectivity index (χ4v) is 2.54. The normalized spacial score (nSPS) is 11.9. The van der Waals surface area contributed by atoms with Crippen LogP contribution >= 0.6 is 0 Å². The molecule has 0 bridgehead atoms. The highest BCUT2D eigenvalue weighted by molar-refractivity contribution is 5.76. The highest BCUT2D eigenvalue weighted by Gasteiger charge is 2.21. The SMILES string of the molecule is Cc1ccc(C)c(C(CCCOc2ccccc2)C(=O)O)c1. The van der Waals surface area contributed by atoms with Crippen LogP contribution in [0.25, 0.3) is 0 Å². The molecule has 0 aromatic heterocycles. The van der Waals surface area contributed by atoms with Crippen LogP contribution in [0.2, 0.25) is 0 Å². The average molecular weight is 298 g/mol. The molecule has 2 rings (SSSR count). The van der Waals surface area contributed by atoms with Gasteiger partial charge in [-0.15, -0.1) is 0 Å². The number of carbonyl (C=O) groups is 1. The Morgan fingerprint density at radius 2 is 1.86 bits per heavy atom. The molecule has 116 valence electrons. The van der Waals surface area contributed by atoms with E-state index in [0.29, 0.717) is 19.4 Å². The van der Waals surface area contributed by atoms with E-state index < -0.39 is 11.9 Å². The van der Waals surface area contributed by atoms with Gasteiger partial charge < -0.3 is 9.84 Å². The first kappa shape index (κ1) is 16.1. The monoisotopic (exact) mass is 298 g/mol. The molecule has 3 nitrogen and oxygen atoms in total. The topological polar surface area (TPSA) is 46.5 Å². The van der Waals surface area contributed by atoms with Crippen LogP contribution in [0.4, 0.5) is 0 Å². The number of hydrogen-bond donors (Lipinski definition) is 1. The van der Waals surface area contributed by atoms with Crippen molar-refractivity contribution in [3.8, 4) is 5.75 Å². The Kier molecular flexibility index (Phi) is 5.59. The lowest BCUT2D eigenvalue weighted by Gasteiger charge is -2.16. The zero-order chi connectivity index (χ0) is 15.9. The van der Waals surface area contributed by atoms with Gasteiger partial charge in [-0.2, -0.15) is 0 Å². The third-order valence-electron chi connectivity index (χ3n) is 3.76. The third-order valence-corrected chi connectivity index (χ3v) is 3.76. The summed E-state index contributed by atoms with van der Waals surface area (Å²) in [5.41, 5.74) is 3.03. The first-order valence-electron chi connectivity index (χ1n) is 7.55. The zero-order valence-electron chi connectivity index (χ0n) is 13.1. The van der Waals surface area contributed by atoms with Crippen LogP contribution in [-0.4, -0.2) is 17.7 Å². The predicted octanol–water partition coefficient (Wildman–Crippen LogP) is 4.33. The summed E-state index contributed by atoms with van der Waals surface area (Å²) in [5.74, 6) is -0.422. The number of aliphatic carboxylic acids is 1. The van der Waals surface area contributed by atoms with Crippen molar-refractivity contribution in [2.75, 3.05) is 6.61 Å². The summed E-state index contributed by atoms with van der Waals surface area (Å²) in [6, 6.07) is 15.6. The maximum absolute atomic E-state index is 11.6. The molecule has 0 heterocycles. The lowest BCUT2D eigenvalue weighted by atomic mass is 9.90. The molecule has 0 radical (unpaired) electrons. The van der Waals surface area contributed by atoms with E-state index in [9.17, 15) is 9.90 Å². The van der Waals surface area contributed by atoms with Crippen LogP contribution in [0, 0.1) is 13.8 Å². The molecule has 0 saturated carbocycles. The summed E-state index contributed by atoms with van der Waals surface area (Å²) in [7, 11) is 0. The first-order valence-corrected chi connectivity index (χ1v) is 7.55. The predicted molar refractivity (Wildman–Crippen MR) is 87.5 cm³/mol. The van der Waals surface area contributed by atoms with Crippen molar-refractivity contribution in [2.45, 2.75) is 32.6 Å². The molecule has 0 aliphatic rings. The third kappa shape index (κ3) is 4.35. The van der Waals surface area contributed by atoms with Gasteiger partial charge in [-0.1, -0.05) is 42.0 Å². The molecule has 1 unspecified atom stereocenters. The Bertz CT molecular complexity index is 620. The highest BCUT2D eigenvalue weighted by atomic mass is 16.5. The Morgan fingerprint density at radius 1 is 1.14 bits per heavy atom. The minimum atomic E-state index is -0.770. The molecule has 22 heavy (non-hydrogen) atoms. The van der Waals surface area contributed by atoms with Gasteiger partial charge in [0.1, 0.15) is 5.75 Å². The Balaban J connectivity index is 1.95. The molecule has 1 atom stereocenters. The smallest absolute Gasteiger partial charge is 0.310 e. The Morgan fingerprint density at radius 3 is 2.55 bits per heavy atom. The molecular formula is C19H22O3. The van der Waals surface area contributed by atoms with Crippen molar-refractivity contribution in [1.82, 2.24) is 0 Å². The van der Waals surface area contributed by atoms with Gasteiger partial charge in [-0.25, -0.2) is 0 Å². The van der Waals surface area contributed by atoms with Crippen LogP contribution < -0.4 is 4.74 Å². The van der Waals surface area contributed by atoms with E-state index in [1.807, 2.05) is 62.4 Å². The van der Waals surface area contributed by atoms with Gasteiger partial charge in [0.25, 0.3) is 0 Å². The summed E-state index contributed by atoms with van der Waals surface area (Å²) in [5, 5.41) is 9.52. The number of benzene rings is 2. The van der Waals surface area contributed by atoms with Crippen molar-refractivity contribution in [3.05, 3.63) is 65.2 Å². The van der Waals surface area contributed by atoms with Crippen molar-refractivity contribution >= 4 is 5.97 Å². The lowest BCUT2D eigenvalue weighted by molar-refractivity contribution is -0.139. The maximum Gasteiger partial charge on any atom is 0.310 e. The van der Waals surface area contributed by atoms with E-state index in [4.69, 9.17) is 4.74 Å². The number of carboxylic acids is 1. The number of hydrogen-bond acceptors (Lipinski definition) is 2. The number of para-hydroxylation sites is 1. The van der Waals surface area contributed by atoms with Gasteiger partial charge >= 0.3 is 5.97 Å². The quantitative estimate of drug-likeness (QED) is 0.774. The second-order valence-corrected chi connectivity index (χ2v) is 5.55. The van der Waals surface area contributed by atoms with Crippen molar-refractivity contribution < 1.29 is 14.6 Å². The molecule has 3 heteroatoms. The van der Waals surface area contributed by atoms with Gasteiger partial charge in [-0.3, -0.25) is 4.79 Å². The number of rotatable bonds is 7. The summed E-state index contributed by atoms with van der Waals surface area (Å²) < 4.78 is 5.63. The fraction of sp³-hybridized carbons (Fsp3) is 0.316. The standard InChI is InChI=1S/C19H22O3/c1-14-10-11-15(2)18(13-14)17(19(20)21)9-6-12-22-16-7-4-3-5-8-16/h3-5,7-8,10-11,13,17H,6,9,12H2,1-2H3,(H,20,21). The van der Waals surface area contributed by atoms with Crippen LogP contribution in [0.1, 0.15) is 35.4 Å². The molecule has 0 aliphatic heterocycles. The van der Waals surface area contributed by atoms with Gasteiger partial charge in [0.2, 0.25) is 0 Å². The van der Waals surface area contributed by atoms with Crippen LogP contribution in [0.3, 0.4) is 0 Å². The maximum atomic E-state index is 11.6. The fourth-order valence-electron chi connectivity index (χ4n) is 2.54. The molecule has 1 N–H and O–H groups in total. The number of aryl methyl sites for hydroxylation is 2. The molecule has 0 saturated heterocycles. The van der Waals surface area contributed by atoms with E-state index in [-0.39, 0.29) is 0 Å². The van der Waals surface area contributed by atoms with Gasteiger partial charge in [0.15, 0.2) is 0 Å². The van der Waals surface area contributed by atoms with Gasteiger partial charge in [0, 0.05) is 0 Å². The second kappa shape index (κ2) is 7.64. The van der Waals surface area contributed by atoms with E-state index >= 15 is 0 Å². The van der Waals surface area contributed by atoms with Crippen LogP contribution in [-0.2, 0) is 4.79 Å². The molecule has 0 spiro atoms. The molecule has 0 aliphatic carbocycles. The van der Waals surface area contributed by atoms with Crippen LogP contribution in [0.15, 0.2) is 48.5 Å². The summed E-state index contributed by atoms with van der Waals surface area (Å²) in [6.07, 6.45) is 1.28.